The molecule has 0 spiro atoms. The zero-order chi connectivity index (χ0) is 13.7. The largest absolute Gasteiger partial charge is 0.326 e. The molecule has 1 heterocycles. The van der Waals surface area contributed by atoms with E-state index in [1.165, 1.54) is 0 Å². The van der Waals surface area contributed by atoms with Gasteiger partial charge >= 0.3 is 0 Å². The van der Waals surface area contributed by atoms with Crippen molar-refractivity contribution in [2.45, 2.75) is 26.7 Å². The molecule has 0 fully saturated rings. The first-order valence-corrected chi connectivity index (χ1v) is 6.61. The minimum absolute atomic E-state index is 0.0424. The summed E-state index contributed by atoms with van der Waals surface area (Å²) in [6, 6.07) is 9.66. The molecule has 4 heteroatoms. The highest BCUT2D eigenvalue weighted by Crippen LogP contribution is 2.21. The fraction of sp³-hybridized carbons (Fsp3) is 0.333. The predicted molar refractivity (Wildman–Crippen MR) is 76.7 cm³/mol. The Hall–Kier alpha value is -2.10. The van der Waals surface area contributed by atoms with Gasteiger partial charge in [0.05, 0.1) is 5.69 Å². The molecule has 2 rings (SSSR count). The van der Waals surface area contributed by atoms with E-state index in [2.05, 4.69) is 22.4 Å². The summed E-state index contributed by atoms with van der Waals surface area (Å²) in [6.07, 6.45) is 3.64. The summed E-state index contributed by atoms with van der Waals surface area (Å²) < 4.78 is 0. The fourth-order valence-corrected chi connectivity index (χ4v) is 2.01. The third-order valence-electron chi connectivity index (χ3n) is 3.11. The summed E-state index contributed by atoms with van der Waals surface area (Å²) in [5, 5.41) is 9.80. The second kappa shape index (κ2) is 6.18. The predicted octanol–water partition coefficient (Wildman–Crippen LogP) is 3.45. The Morgan fingerprint density at radius 3 is 2.95 bits per heavy atom. The molecule has 1 aromatic heterocycles. The van der Waals surface area contributed by atoms with Crippen molar-refractivity contribution in [3.8, 4) is 11.3 Å². The van der Waals surface area contributed by atoms with Crippen molar-refractivity contribution in [2.75, 3.05) is 5.32 Å². The molecule has 2 N–H and O–H groups in total. The number of nitrogens with one attached hydrogen (secondary N) is 2. The van der Waals surface area contributed by atoms with Crippen molar-refractivity contribution < 1.29 is 4.79 Å². The number of nitrogens with zero attached hydrogens (tertiary/aromatic N) is 1. The molecule has 0 saturated carbocycles. The number of carbonyl (C=O) groups excluding carboxylic acids is 1. The van der Waals surface area contributed by atoms with Gasteiger partial charge in [-0.15, -0.1) is 0 Å². The lowest BCUT2D eigenvalue weighted by Gasteiger charge is -2.11. The quantitative estimate of drug-likeness (QED) is 0.861. The molecule has 1 unspecified atom stereocenters. The molecule has 0 aliphatic carbocycles. The molecule has 0 aliphatic heterocycles. The smallest absolute Gasteiger partial charge is 0.227 e. The van der Waals surface area contributed by atoms with E-state index in [1.807, 2.05) is 37.3 Å². The van der Waals surface area contributed by atoms with E-state index in [1.54, 1.807) is 6.20 Å². The van der Waals surface area contributed by atoms with Crippen LogP contribution in [0.25, 0.3) is 11.3 Å². The molecule has 4 nitrogen and oxygen atoms in total. The van der Waals surface area contributed by atoms with Gasteiger partial charge < -0.3 is 5.32 Å². The van der Waals surface area contributed by atoms with E-state index in [9.17, 15) is 4.79 Å². The number of aromatic amines is 1. The highest BCUT2D eigenvalue weighted by atomic mass is 16.1. The van der Waals surface area contributed by atoms with Crippen LogP contribution in [0.5, 0.6) is 0 Å². The normalized spacial score (nSPS) is 12.1. The van der Waals surface area contributed by atoms with Crippen LogP contribution >= 0.6 is 0 Å². The molecule has 0 aliphatic rings. The number of benzene rings is 1. The van der Waals surface area contributed by atoms with Crippen LogP contribution in [0.4, 0.5) is 5.69 Å². The van der Waals surface area contributed by atoms with Crippen molar-refractivity contribution in [3.05, 3.63) is 36.5 Å². The molecular weight excluding hydrogens is 238 g/mol. The number of hydrogen-bond donors (Lipinski definition) is 2. The van der Waals surface area contributed by atoms with E-state index >= 15 is 0 Å². The SMILES string of the molecule is CCCC(C)C(=O)Nc1cccc(-c2ccn[nH]2)c1. The maximum Gasteiger partial charge on any atom is 0.227 e. The monoisotopic (exact) mass is 257 g/mol. The second-order valence-electron chi connectivity index (χ2n) is 4.73. The number of carbonyl (C=O) groups is 1. The van der Waals surface area contributed by atoms with Crippen LogP contribution in [0.15, 0.2) is 36.5 Å². The number of rotatable bonds is 5. The lowest BCUT2D eigenvalue weighted by atomic mass is 10.1. The molecule has 100 valence electrons. The number of aromatic nitrogens is 2. The van der Waals surface area contributed by atoms with Gasteiger partial charge in [-0.2, -0.15) is 5.10 Å². The van der Waals surface area contributed by atoms with Gasteiger partial charge in [-0.25, -0.2) is 0 Å². The Kier molecular flexibility index (Phi) is 4.34. The van der Waals surface area contributed by atoms with Crippen LogP contribution in [0.2, 0.25) is 0 Å². The van der Waals surface area contributed by atoms with Crippen molar-refractivity contribution in [2.24, 2.45) is 5.92 Å². The molecule has 0 radical (unpaired) electrons. The van der Waals surface area contributed by atoms with Gasteiger partial charge in [-0.3, -0.25) is 9.89 Å². The minimum atomic E-state index is 0.0424. The molecule has 0 bridgehead atoms. The van der Waals surface area contributed by atoms with Crippen LogP contribution in [-0.2, 0) is 4.79 Å². The van der Waals surface area contributed by atoms with Crippen LogP contribution in [0, 0.1) is 5.92 Å². The molecule has 19 heavy (non-hydrogen) atoms. The summed E-state index contributed by atoms with van der Waals surface area (Å²) >= 11 is 0. The maximum atomic E-state index is 12.0. The third kappa shape index (κ3) is 3.44. The summed E-state index contributed by atoms with van der Waals surface area (Å²) in [6.45, 7) is 4.04. The Labute approximate surface area is 113 Å². The lowest BCUT2D eigenvalue weighted by molar-refractivity contribution is -0.119. The molecule has 1 atom stereocenters. The number of amides is 1. The standard InChI is InChI=1S/C15H19N3O/c1-3-5-11(2)15(19)17-13-7-4-6-12(10-13)14-8-9-16-18-14/h4,6-11H,3,5H2,1-2H3,(H,16,18)(H,17,19). The van der Waals surface area contributed by atoms with Gasteiger partial charge in [0.25, 0.3) is 0 Å². The number of hydrogen-bond acceptors (Lipinski definition) is 2. The molecule has 1 aromatic carbocycles. The first kappa shape index (κ1) is 13.3. The van der Waals surface area contributed by atoms with Gasteiger partial charge in [-0.1, -0.05) is 32.4 Å². The van der Waals surface area contributed by atoms with E-state index in [-0.39, 0.29) is 11.8 Å². The van der Waals surface area contributed by atoms with Crippen molar-refractivity contribution in [1.29, 1.82) is 0 Å². The Bertz CT molecular complexity index is 534. The van der Waals surface area contributed by atoms with E-state index in [0.717, 1.165) is 29.8 Å². The molecule has 0 saturated heterocycles. The van der Waals surface area contributed by atoms with Crippen LogP contribution in [-0.4, -0.2) is 16.1 Å². The van der Waals surface area contributed by atoms with Gasteiger partial charge in [-0.05, 0) is 24.6 Å². The molecular formula is C15H19N3O. The van der Waals surface area contributed by atoms with Crippen molar-refractivity contribution in [1.82, 2.24) is 10.2 Å². The fourth-order valence-electron chi connectivity index (χ4n) is 2.01. The van der Waals surface area contributed by atoms with Crippen molar-refractivity contribution in [3.63, 3.8) is 0 Å². The topological polar surface area (TPSA) is 57.8 Å². The van der Waals surface area contributed by atoms with Gasteiger partial charge in [0.2, 0.25) is 5.91 Å². The van der Waals surface area contributed by atoms with Gasteiger partial charge in [0.15, 0.2) is 0 Å². The highest BCUT2D eigenvalue weighted by molar-refractivity contribution is 5.92. The third-order valence-corrected chi connectivity index (χ3v) is 3.11. The summed E-state index contributed by atoms with van der Waals surface area (Å²) in [7, 11) is 0. The van der Waals surface area contributed by atoms with Gasteiger partial charge in [0.1, 0.15) is 0 Å². The zero-order valence-corrected chi connectivity index (χ0v) is 11.3. The summed E-state index contributed by atoms with van der Waals surface area (Å²) in [5.41, 5.74) is 2.77. The highest BCUT2D eigenvalue weighted by Gasteiger charge is 2.12. The Balaban J connectivity index is 2.09. The Morgan fingerprint density at radius 2 is 2.26 bits per heavy atom. The lowest BCUT2D eigenvalue weighted by Crippen LogP contribution is -2.20. The van der Waals surface area contributed by atoms with Crippen LogP contribution in [0.3, 0.4) is 0 Å². The maximum absolute atomic E-state index is 12.0. The van der Waals surface area contributed by atoms with Crippen molar-refractivity contribution >= 4 is 11.6 Å². The zero-order valence-electron chi connectivity index (χ0n) is 11.3. The summed E-state index contributed by atoms with van der Waals surface area (Å²) in [5.74, 6) is 0.115. The summed E-state index contributed by atoms with van der Waals surface area (Å²) in [4.78, 5) is 12.0. The number of anilines is 1. The second-order valence-corrected chi connectivity index (χ2v) is 4.73. The Morgan fingerprint density at radius 1 is 1.42 bits per heavy atom. The van der Waals surface area contributed by atoms with Gasteiger partial charge in [0, 0.05) is 23.4 Å². The first-order valence-electron chi connectivity index (χ1n) is 6.61. The minimum Gasteiger partial charge on any atom is -0.326 e. The van der Waals surface area contributed by atoms with Crippen LogP contribution < -0.4 is 5.32 Å². The molecule has 1 amide bonds. The average molecular weight is 257 g/mol. The van der Waals surface area contributed by atoms with E-state index < -0.39 is 0 Å². The molecule has 2 aromatic rings. The van der Waals surface area contributed by atoms with E-state index in [0.29, 0.717) is 0 Å². The number of H-pyrrole nitrogens is 1. The van der Waals surface area contributed by atoms with E-state index in [4.69, 9.17) is 0 Å². The van der Waals surface area contributed by atoms with Crippen LogP contribution in [0.1, 0.15) is 26.7 Å². The average Bonchev–Trinajstić information content (AvgIpc) is 2.93. The first-order chi connectivity index (χ1) is 9.20.